The molecule has 1 fully saturated rings. The molecule has 1 saturated carbocycles. The van der Waals surface area contributed by atoms with E-state index in [1.807, 2.05) is 13.8 Å². The van der Waals surface area contributed by atoms with Gasteiger partial charge in [0, 0.05) is 17.7 Å². The summed E-state index contributed by atoms with van der Waals surface area (Å²) in [6, 6.07) is 12.9. The van der Waals surface area contributed by atoms with E-state index in [2.05, 4.69) is 10.6 Å². The summed E-state index contributed by atoms with van der Waals surface area (Å²) in [6.07, 6.45) is 1.88. The zero-order valence-corrected chi connectivity index (χ0v) is 16.1. The molecule has 5 nitrogen and oxygen atoms in total. The highest BCUT2D eigenvalue weighted by Crippen LogP contribution is 2.30. The molecule has 148 valence electrons. The van der Waals surface area contributed by atoms with Crippen LogP contribution in [-0.2, 0) is 9.59 Å². The number of anilines is 1. The van der Waals surface area contributed by atoms with Crippen LogP contribution in [0.4, 0.5) is 10.1 Å². The fourth-order valence-electron chi connectivity index (χ4n) is 2.92. The first-order valence-corrected chi connectivity index (χ1v) is 9.51. The number of halogens is 1. The van der Waals surface area contributed by atoms with Gasteiger partial charge < -0.3 is 15.4 Å². The van der Waals surface area contributed by atoms with Crippen LogP contribution in [0.15, 0.2) is 48.5 Å². The van der Waals surface area contributed by atoms with Gasteiger partial charge in [0.15, 0.2) is 6.61 Å². The van der Waals surface area contributed by atoms with Crippen molar-refractivity contribution in [2.45, 2.75) is 32.7 Å². The largest absolute Gasteiger partial charge is 0.484 e. The van der Waals surface area contributed by atoms with Gasteiger partial charge in [-0.3, -0.25) is 9.59 Å². The third-order valence-corrected chi connectivity index (χ3v) is 4.63. The Bertz CT molecular complexity index is 832. The van der Waals surface area contributed by atoms with E-state index in [-0.39, 0.29) is 42.1 Å². The lowest BCUT2D eigenvalue weighted by molar-refractivity contribution is -0.124. The molecule has 0 aromatic heterocycles. The second-order valence-corrected chi connectivity index (χ2v) is 7.42. The summed E-state index contributed by atoms with van der Waals surface area (Å²) in [6.45, 7) is 3.83. The van der Waals surface area contributed by atoms with Crippen molar-refractivity contribution >= 4 is 17.5 Å². The van der Waals surface area contributed by atoms with E-state index < -0.39 is 0 Å². The Morgan fingerprint density at radius 2 is 1.86 bits per heavy atom. The molecule has 2 amide bonds. The Labute approximate surface area is 164 Å². The van der Waals surface area contributed by atoms with Gasteiger partial charge >= 0.3 is 0 Å². The Kier molecular flexibility index (Phi) is 6.29. The van der Waals surface area contributed by atoms with Crippen molar-refractivity contribution in [3.8, 4) is 5.75 Å². The van der Waals surface area contributed by atoms with Gasteiger partial charge in [0.25, 0.3) is 5.91 Å². The number of amides is 2. The molecule has 0 spiro atoms. The molecular weight excluding hydrogens is 359 g/mol. The standard InChI is InChI=1S/C22H25FN2O3/c1-14(2)21(15-8-10-17(23)11-9-15)25-20(26)13-28-19-5-3-4-18(12-19)24-22(27)16-6-7-16/h3-5,8-12,14,16,21H,6-7,13H2,1-2H3,(H,24,27)(H,25,26). The van der Waals surface area contributed by atoms with Crippen molar-refractivity contribution in [1.82, 2.24) is 5.32 Å². The minimum Gasteiger partial charge on any atom is -0.484 e. The Morgan fingerprint density at radius 3 is 2.50 bits per heavy atom. The average molecular weight is 384 g/mol. The summed E-state index contributed by atoms with van der Waals surface area (Å²) in [5.41, 5.74) is 1.50. The zero-order chi connectivity index (χ0) is 20.1. The van der Waals surface area contributed by atoms with E-state index in [1.54, 1.807) is 36.4 Å². The highest BCUT2D eigenvalue weighted by Gasteiger charge is 2.29. The van der Waals surface area contributed by atoms with Crippen molar-refractivity contribution in [2.24, 2.45) is 11.8 Å². The fourth-order valence-corrected chi connectivity index (χ4v) is 2.92. The molecule has 1 unspecified atom stereocenters. The summed E-state index contributed by atoms with van der Waals surface area (Å²) in [7, 11) is 0. The molecule has 3 rings (SSSR count). The number of rotatable bonds is 8. The number of ether oxygens (including phenoxy) is 1. The number of hydrogen-bond acceptors (Lipinski definition) is 3. The minimum absolute atomic E-state index is 0.0222. The van der Waals surface area contributed by atoms with Crippen LogP contribution in [0.25, 0.3) is 0 Å². The maximum Gasteiger partial charge on any atom is 0.258 e. The fraction of sp³-hybridized carbons (Fsp3) is 0.364. The van der Waals surface area contributed by atoms with Gasteiger partial charge in [0.05, 0.1) is 6.04 Å². The predicted molar refractivity (Wildman–Crippen MR) is 105 cm³/mol. The summed E-state index contributed by atoms with van der Waals surface area (Å²) in [5.74, 6) is 0.204. The van der Waals surface area contributed by atoms with Crippen LogP contribution in [0.3, 0.4) is 0 Å². The average Bonchev–Trinajstić information content (AvgIpc) is 3.51. The maximum atomic E-state index is 13.1. The normalized spacial score (nSPS) is 14.4. The number of benzene rings is 2. The van der Waals surface area contributed by atoms with Crippen LogP contribution in [0.2, 0.25) is 0 Å². The molecule has 0 aliphatic heterocycles. The quantitative estimate of drug-likeness (QED) is 0.721. The zero-order valence-electron chi connectivity index (χ0n) is 16.1. The maximum absolute atomic E-state index is 13.1. The first-order valence-electron chi connectivity index (χ1n) is 9.51. The smallest absolute Gasteiger partial charge is 0.258 e. The van der Waals surface area contributed by atoms with Crippen LogP contribution in [0.5, 0.6) is 5.75 Å². The molecule has 2 N–H and O–H groups in total. The summed E-state index contributed by atoms with van der Waals surface area (Å²) >= 11 is 0. The first-order chi connectivity index (χ1) is 13.4. The molecule has 1 atom stereocenters. The Balaban J connectivity index is 1.55. The minimum atomic E-state index is -0.311. The van der Waals surface area contributed by atoms with Gasteiger partial charge in [-0.2, -0.15) is 0 Å². The predicted octanol–water partition coefficient (Wildman–Crippen LogP) is 4.07. The molecular formula is C22H25FN2O3. The molecule has 1 aliphatic rings. The van der Waals surface area contributed by atoms with Gasteiger partial charge in [0.2, 0.25) is 5.91 Å². The highest BCUT2D eigenvalue weighted by atomic mass is 19.1. The number of carbonyl (C=O) groups excluding carboxylic acids is 2. The highest BCUT2D eigenvalue weighted by molar-refractivity contribution is 5.94. The molecule has 28 heavy (non-hydrogen) atoms. The van der Waals surface area contributed by atoms with E-state index in [9.17, 15) is 14.0 Å². The van der Waals surface area contributed by atoms with Crippen LogP contribution in [0, 0.1) is 17.7 Å². The number of carbonyl (C=O) groups is 2. The lowest BCUT2D eigenvalue weighted by Gasteiger charge is -2.23. The monoisotopic (exact) mass is 384 g/mol. The molecule has 2 aromatic carbocycles. The van der Waals surface area contributed by atoms with Crippen molar-refractivity contribution in [1.29, 1.82) is 0 Å². The number of nitrogens with one attached hydrogen (secondary N) is 2. The molecule has 6 heteroatoms. The van der Waals surface area contributed by atoms with Gasteiger partial charge in [-0.1, -0.05) is 32.0 Å². The third kappa shape index (κ3) is 5.55. The molecule has 0 saturated heterocycles. The second-order valence-electron chi connectivity index (χ2n) is 7.42. The van der Waals surface area contributed by atoms with Gasteiger partial charge in [-0.15, -0.1) is 0 Å². The first kappa shape index (κ1) is 19.9. The van der Waals surface area contributed by atoms with E-state index in [1.165, 1.54) is 12.1 Å². The molecule has 0 heterocycles. The van der Waals surface area contributed by atoms with Gasteiger partial charge in [-0.05, 0) is 48.6 Å². The Morgan fingerprint density at radius 1 is 1.14 bits per heavy atom. The lowest BCUT2D eigenvalue weighted by atomic mass is 9.96. The topological polar surface area (TPSA) is 67.4 Å². The third-order valence-electron chi connectivity index (χ3n) is 4.63. The summed E-state index contributed by atoms with van der Waals surface area (Å²) < 4.78 is 18.7. The van der Waals surface area contributed by atoms with Crippen LogP contribution >= 0.6 is 0 Å². The molecule has 0 bridgehead atoms. The summed E-state index contributed by atoms with van der Waals surface area (Å²) in [4.78, 5) is 24.2. The SMILES string of the molecule is CC(C)C(NC(=O)COc1cccc(NC(=O)C2CC2)c1)c1ccc(F)cc1. The van der Waals surface area contributed by atoms with Crippen molar-refractivity contribution in [2.75, 3.05) is 11.9 Å². The van der Waals surface area contributed by atoms with E-state index in [4.69, 9.17) is 4.74 Å². The molecule has 1 aliphatic carbocycles. The van der Waals surface area contributed by atoms with E-state index >= 15 is 0 Å². The summed E-state index contributed by atoms with van der Waals surface area (Å²) in [5, 5.41) is 5.79. The second kappa shape index (κ2) is 8.87. The lowest BCUT2D eigenvalue weighted by Crippen LogP contribution is -2.35. The van der Waals surface area contributed by atoms with Crippen LogP contribution < -0.4 is 15.4 Å². The van der Waals surface area contributed by atoms with Crippen molar-refractivity contribution < 1.29 is 18.7 Å². The van der Waals surface area contributed by atoms with E-state index in [0.29, 0.717) is 11.4 Å². The van der Waals surface area contributed by atoms with Crippen LogP contribution in [-0.4, -0.2) is 18.4 Å². The number of hydrogen-bond donors (Lipinski definition) is 2. The van der Waals surface area contributed by atoms with Crippen molar-refractivity contribution in [3.63, 3.8) is 0 Å². The molecule has 0 radical (unpaired) electrons. The van der Waals surface area contributed by atoms with Gasteiger partial charge in [-0.25, -0.2) is 4.39 Å². The van der Waals surface area contributed by atoms with Crippen LogP contribution in [0.1, 0.15) is 38.3 Å². The molecule has 2 aromatic rings. The van der Waals surface area contributed by atoms with Crippen molar-refractivity contribution in [3.05, 3.63) is 59.9 Å². The van der Waals surface area contributed by atoms with E-state index in [0.717, 1.165) is 18.4 Å². The Hall–Kier alpha value is -2.89. The van der Waals surface area contributed by atoms with Gasteiger partial charge in [0.1, 0.15) is 11.6 Å².